The van der Waals surface area contributed by atoms with Crippen molar-refractivity contribution in [1.82, 2.24) is 9.55 Å². The highest BCUT2D eigenvalue weighted by molar-refractivity contribution is 5.69. The molecule has 3 rings (SSSR count). The predicted octanol–water partition coefficient (Wildman–Crippen LogP) is 1.76. The van der Waals surface area contributed by atoms with Gasteiger partial charge < -0.3 is 19.1 Å². The van der Waals surface area contributed by atoms with E-state index in [4.69, 9.17) is 14.6 Å². The summed E-state index contributed by atoms with van der Waals surface area (Å²) in [5.74, 6) is 0.860. The van der Waals surface area contributed by atoms with Gasteiger partial charge in [0, 0.05) is 19.4 Å². The number of benzene rings is 1. The van der Waals surface area contributed by atoms with Crippen LogP contribution < -0.4 is 9.47 Å². The first kappa shape index (κ1) is 12.5. The largest absolute Gasteiger partial charge is 0.481 e. The van der Waals surface area contributed by atoms with Gasteiger partial charge in [-0.15, -0.1) is 0 Å². The fraction of sp³-hybridized carbons (Fsp3) is 0.286. The first-order valence-corrected chi connectivity index (χ1v) is 6.23. The maximum Gasteiger partial charge on any atom is 0.304 e. The second kappa shape index (κ2) is 4.88. The lowest BCUT2D eigenvalue weighted by Crippen LogP contribution is -2.12. The number of aromatic nitrogens is 2. The van der Waals surface area contributed by atoms with Crippen molar-refractivity contribution < 1.29 is 19.4 Å². The van der Waals surface area contributed by atoms with Crippen LogP contribution in [0.25, 0.3) is 0 Å². The number of ether oxygens (including phenoxy) is 2. The Balaban J connectivity index is 2.01. The lowest BCUT2D eigenvalue weighted by Gasteiger charge is -2.15. The van der Waals surface area contributed by atoms with E-state index in [0.717, 1.165) is 5.56 Å². The van der Waals surface area contributed by atoms with Crippen molar-refractivity contribution in [2.24, 2.45) is 7.05 Å². The van der Waals surface area contributed by atoms with Crippen LogP contribution in [0.2, 0.25) is 0 Å². The minimum Gasteiger partial charge on any atom is -0.481 e. The Kier molecular flexibility index (Phi) is 3.06. The van der Waals surface area contributed by atoms with E-state index in [1.165, 1.54) is 0 Å². The van der Waals surface area contributed by atoms with Gasteiger partial charge in [-0.25, -0.2) is 4.98 Å². The summed E-state index contributed by atoms with van der Waals surface area (Å²) in [5.41, 5.74) is 0.853. The highest BCUT2D eigenvalue weighted by atomic mass is 16.7. The van der Waals surface area contributed by atoms with Crippen LogP contribution in [0.5, 0.6) is 11.5 Å². The fourth-order valence-corrected chi connectivity index (χ4v) is 2.38. The van der Waals surface area contributed by atoms with Gasteiger partial charge in [0.2, 0.25) is 6.79 Å². The average molecular weight is 274 g/mol. The highest BCUT2D eigenvalue weighted by Gasteiger charge is 2.24. The summed E-state index contributed by atoms with van der Waals surface area (Å²) in [6.45, 7) is 0.199. The minimum atomic E-state index is -0.865. The Morgan fingerprint density at radius 3 is 2.95 bits per heavy atom. The molecule has 0 bridgehead atoms. The first-order valence-electron chi connectivity index (χ1n) is 6.23. The van der Waals surface area contributed by atoms with Gasteiger partial charge in [-0.05, 0) is 17.7 Å². The van der Waals surface area contributed by atoms with Gasteiger partial charge in [-0.3, -0.25) is 4.79 Å². The molecule has 0 amide bonds. The molecule has 6 heteroatoms. The second-order valence-corrected chi connectivity index (χ2v) is 4.66. The minimum absolute atomic E-state index is 0.0233. The molecule has 1 N–H and O–H groups in total. The summed E-state index contributed by atoms with van der Waals surface area (Å²) in [6, 6.07) is 5.48. The normalized spacial score (nSPS) is 14.2. The van der Waals surface area contributed by atoms with Crippen LogP contribution >= 0.6 is 0 Å². The Morgan fingerprint density at radius 2 is 2.25 bits per heavy atom. The third-order valence-corrected chi connectivity index (χ3v) is 3.35. The number of aryl methyl sites for hydroxylation is 1. The third-order valence-electron chi connectivity index (χ3n) is 3.35. The predicted molar refractivity (Wildman–Crippen MR) is 69.9 cm³/mol. The Morgan fingerprint density at radius 1 is 1.45 bits per heavy atom. The zero-order chi connectivity index (χ0) is 14.1. The van der Waals surface area contributed by atoms with E-state index in [2.05, 4.69) is 4.98 Å². The molecule has 1 atom stereocenters. The summed E-state index contributed by atoms with van der Waals surface area (Å²) in [7, 11) is 1.85. The van der Waals surface area contributed by atoms with E-state index in [-0.39, 0.29) is 19.1 Å². The van der Waals surface area contributed by atoms with E-state index in [9.17, 15) is 4.79 Å². The number of hydrogen-bond acceptors (Lipinski definition) is 4. The van der Waals surface area contributed by atoms with E-state index in [0.29, 0.717) is 17.3 Å². The molecule has 2 heterocycles. The maximum atomic E-state index is 11.1. The van der Waals surface area contributed by atoms with Crippen molar-refractivity contribution in [3.05, 3.63) is 42.0 Å². The zero-order valence-electron chi connectivity index (χ0n) is 10.9. The molecule has 1 aliphatic heterocycles. The lowest BCUT2D eigenvalue weighted by atomic mass is 9.94. The number of carboxylic acid groups (broad SMARTS) is 1. The van der Waals surface area contributed by atoms with Crippen LogP contribution in [0, 0.1) is 0 Å². The van der Waals surface area contributed by atoms with Crippen LogP contribution in [-0.2, 0) is 11.8 Å². The molecule has 1 aromatic carbocycles. The SMILES string of the molecule is Cn1ccnc1C(CC(=O)O)c1ccc2c(c1)OCO2. The molecule has 1 aliphatic rings. The average Bonchev–Trinajstić information content (AvgIpc) is 3.03. The molecular weight excluding hydrogens is 260 g/mol. The number of carboxylic acids is 1. The van der Waals surface area contributed by atoms with Gasteiger partial charge >= 0.3 is 5.97 Å². The molecule has 0 aliphatic carbocycles. The number of nitrogens with zero attached hydrogens (tertiary/aromatic N) is 2. The Labute approximate surface area is 115 Å². The van der Waals surface area contributed by atoms with Crippen LogP contribution in [-0.4, -0.2) is 27.4 Å². The second-order valence-electron chi connectivity index (χ2n) is 4.66. The molecule has 20 heavy (non-hydrogen) atoms. The van der Waals surface area contributed by atoms with Crippen LogP contribution in [0.3, 0.4) is 0 Å². The van der Waals surface area contributed by atoms with E-state index < -0.39 is 5.97 Å². The van der Waals surface area contributed by atoms with E-state index in [1.54, 1.807) is 18.5 Å². The van der Waals surface area contributed by atoms with E-state index in [1.807, 2.05) is 23.7 Å². The van der Waals surface area contributed by atoms with Crippen molar-refractivity contribution >= 4 is 5.97 Å². The number of aliphatic carboxylic acids is 1. The van der Waals surface area contributed by atoms with Gasteiger partial charge in [0.25, 0.3) is 0 Å². The molecule has 6 nitrogen and oxygen atoms in total. The molecule has 1 unspecified atom stereocenters. The van der Waals surface area contributed by atoms with Gasteiger partial charge in [-0.2, -0.15) is 0 Å². The van der Waals surface area contributed by atoms with Gasteiger partial charge in [0.05, 0.1) is 12.3 Å². The molecule has 0 spiro atoms. The Bertz CT molecular complexity index is 650. The summed E-state index contributed by atoms with van der Waals surface area (Å²) in [6.07, 6.45) is 3.44. The maximum absolute atomic E-state index is 11.1. The summed E-state index contributed by atoms with van der Waals surface area (Å²) >= 11 is 0. The number of rotatable bonds is 4. The first-order chi connectivity index (χ1) is 9.65. The smallest absolute Gasteiger partial charge is 0.304 e. The van der Waals surface area contributed by atoms with Crippen molar-refractivity contribution in [3.63, 3.8) is 0 Å². The van der Waals surface area contributed by atoms with E-state index >= 15 is 0 Å². The molecule has 0 saturated heterocycles. The van der Waals surface area contributed by atoms with Crippen LogP contribution in [0.15, 0.2) is 30.6 Å². The van der Waals surface area contributed by atoms with Gasteiger partial charge in [0.15, 0.2) is 11.5 Å². The zero-order valence-corrected chi connectivity index (χ0v) is 10.9. The number of fused-ring (bicyclic) bond motifs is 1. The molecule has 0 fully saturated rings. The monoisotopic (exact) mass is 274 g/mol. The van der Waals surface area contributed by atoms with Crippen LogP contribution in [0.4, 0.5) is 0 Å². The number of imidazole rings is 1. The fourth-order valence-electron chi connectivity index (χ4n) is 2.38. The molecule has 104 valence electrons. The van der Waals surface area contributed by atoms with Crippen molar-refractivity contribution in [2.45, 2.75) is 12.3 Å². The van der Waals surface area contributed by atoms with Gasteiger partial charge in [0.1, 0.15) is 5.82 Å². The summed E-state index contributed by atoms with van der Waals surface area (Å²) in [5, 5.41) is 9.14. The van der Waals surface area contributed by atoms with Gasteiger partial charge in [-0.1, -0.05) is 6.07 Å². The molecule has 1 aromatic heterocycles. The standard InChI is InChI=1S/C14H14N2O4/c1-16-5-4-15-14(16)10(7-13(17)18)9-2-3-11-12(6-9)20-8-19-11/h2-6,10H,7-8H2,1H3,(H,17,18). The summed E-state index contributed by atoms with van der Waals surface area (Å²) in [4.78, 5) is 15.4. The molecule has 0 saturated carbocycles. The third kappa shape index (κ3) is 2.20. The topological polar surface area (TPSA) is 73.6 Å². The quantitative estimate of drug-likeness (QED) is 0.919. The van der Waals surface area contributed by atoms with Crippen molar-refractivity contribution in [3.8, 4) is 11.5 Å². The number of carbonyl (C=O) groups is 1. The lowest BCUT2D eigenvalue weighted by molar-refractivity contribution is -0.137. The number of hydrogen-bond donors (Lipinski definition) is 1. The molecule has 2 aromatic rings. The Hall–Kier alpha value is -2.50. The molecule has 0 radical (unpaired) electrons. The van der Waals surface area contributed by atoms with Crippen molar-refractivity contribution in [1.29, 1.82) is 0 Å². The summed E-state index contributed by atoms with van der Waals surface area (Å²) < 4.78 is 12.4. The van der Waals surface area contributed by atoms with Crippen LogP contribution in [0.1, 0.15) is 23.7 Å². The molecular formula is C14H14N2O4. The van der Waals surface area contributed by atoms with Crippen molar-refractivity contribution in [2.75, 3.05) is 6.79 Å². The highest BCUT2D eigenvalue weighted by Crippen LogP contribution is 2.37.